The maximum atomic E-state index is 12.0. The lowest BCUT2D eigenvalue weighted by molar-refractivity contribution is -0.122. The predicted octanol–water partition coefficient (Wildman–Crippen LogP) is 0.983. The van der Waals surface area contributed by atoms with Gasteiger partial charge in [-0.05, 0) is 26.0 Å². The lowest BCUT2D eigenvalue weighted by atomic mass is 10.1. The lowest BCUT2D eigenvalue weighted by Crippen LogP contribution is -2.44. The van der Waals surface area contributed by atoms with Crippen molar-refractivity contribution in [3.05, 3.63) is 29.8 Å². The predicted molar refractivity (Wildman–Crippen MR) is 71.6 cm³/mol. The maximum absolute atomic E-state index is 12.0. The minimum absolute atomic E-state index is 0.187. The van der Waals surface area contributed by atoms with E-state index in [1.165, 1.54) is 0 Å². The molecular weight excluding hydrogens is 230 g/mol. The molecule has 0 fully saturated rings. The molecule has 3 N–H and O–H groups in total. The monoisotopic (exact) mass is 249 g/mol. The van der Waals surface area contributed by atoms with Crippen LogP contribution in [-0.2, 0) is 4.79 Å². The molecule has 0 saturated heterocycles. The van der Waals surface area contributed by atoms with Crippen LogP contribution in [0.3, 0.4) is 0 Å². The highest BCUT2D eigenvalue weighted by Gasteiger charge is 2.17. The fraction of sp³-hybridized carbons (Fsp3) is 0.385. The summed E-state index contributed by atoms with van der Waals surface area (Å²) in [4.78, 5) is 23.5. The van der Waals surface area contributed by atoms with Crippen LogP contribution in [0.5, 0.6) is 0 Å². The van der Waals surface area contributed by atoms with Crippen molar-refractivity contribution >= 4 is 17.5 Å². The number of hydrogen-bond donors (Lipinski definition) is 3. The second-order valence-electron chi connectivity index (χ2n) is 3.89. The first-order valence-corrected chi connectivity index (χ1v) is 5.95. The summed E-state index contributed by atoms with van der Waals surface area (Å²) in [5.41, 5.74) is 1.26. The van der Waals surface area contributed by atoms with Gasteiger partial charge < -0.3 is 16.0 Å². The number of benzene rings is 1. The SMILES string of the molecule is CCNC(=O)C(C)NC(=O)c1ccccc1NC. The van der Waals surface area contributed by atoms with Gasteiger partial charge in [0.05, 0.1) is 5.56 Å². The van der Waals surface area contributed by atoms with Gasteiger partial charge in [-0.2, -0.15) is 0 Å². The molecule has 1 rings (SSSR count). The second kappa shape index (κ2) is 6.64. The fourth-order valence-electron chi connectivity index (χ4n) is 1.57. The van der Waals surface area contributed by atoms with Crippen LogP contribution < -0.4 is 16.0 Å². The van der Waals surface area contributed by atoms with Crippen LogP contribution in [0.15, 0.2) is 24.3 Å². The molecule has 5 heteroatoms. The highest BCUT2D eigenvalue weighted by molar-refractivity contribution is 6.01. The van der Waals surface area contributed by atoms with Crippen LogP contribution in [0.2, 0.25) is 0 Å². The standard InChI is InChI=1S/C13H19N3O2/c1-4-15-12(17)9(2)16-13(18)10-7-5-6-8-11(10)14-3/h5-9,14H,4H2,1-3H3,(H,15,17)(H,16,18). The Bertz CT molecular complexity index is 432. The topological polar surface area (TPSA) is 70.2 Å². The van der Waals surface area contributed by atoms with Crippen LogP contribution in [0.4, 0.5) is 5.69 Å². The number of amides is 2. The first-order chi connectivity index (χ1) is 8.60. The molecule has 1 aromatic rings. The molecule has 1 unspecified atom stereocenters. The van der Waals surface area contributed by atoms with Crippen LogP contribution in [0.1, 0.15) is 24.2 Å². The highest BCUT2D eigenvalue weighted by atomic mass is 16.2. The third-order valence-electron chi connectivity index (χ3n) is 2.53. The zero-order valence-electron chi connectivity index (χ0n) is 10.9. The summed E-state index contributed by atoms with van der Waals surface area (Å²) in [5, 5.41) is 8.27. The van der Waals surface area contributed by atoms with Crippen molar-refractivity contribution in [2.75, 3.05) is 18.9 Å². The minimum Gasteiger partial charge on any atom is -0.387 e. The quantitative estimate of drug-likeness (QED) is 0.728. The van der Waals surface area contributed by atoms with Gasteiger partial charge in [0, 0.05) is 19.3 Å². The van der Waals surface area contributed by atoms with Crippen molar-refractivity contribution in [2.45, 2.75) is 19.9 Å². The van der Waals surface area contributed by atoms with Crippen molar-refractivity contribution < 1.29 is 9.59 Å². The van der Waals surface area contributed by atoms with E-state index in [0.29, 0.717) is 12.1 Å². The Kier molecular flexibility index (Phi) is 5.17. The number of rotatable bonds is 5. The Morgan fingerprint density at radius 3 is 2.56 bits per heavy atom. The lowest BCUT2D eigenvalue weighted by Gasteiger charge is -2.15. The molecule has 0 saturated carbocycles. The Morgan fingerprint density at radius 1 is 1.28 bits per heavy atom. The Hall–Kier alpha value is -2.04. The number of hydrogen-bond acceptors (Lipinski definition) is 3. The maximum Gasteiger partial charge on any atom is 0.254 e. The molecule has 1 atom stereocenters. The van der Waals surface area contributed by atoms with E-state index in [4.69, 9.17) is 0 Å². The average molecular weight is 249 g/mol. The molecule has 0 bridgehead atoms. The number of carbonyl (C=O) groups excluding carboxylic acids is 2. The molecule has 18 heavy (non-hydrogen) atoms. The summed E-state index contributed by atoms with van der Waals surface area (Å²) in [6, 6.07) is 6.60. The number of anilines is 1. The number of para-hydroxylation sites is 1. The molecular formula is C13H19N3O2. The number of nitrogens with one attached hydrogen (secondary N) is 3. The van der Waals surface area contributed by atoms with E-state index in [1.807, 2.05) is 19.1 Å². The molecule has 0 aromatic heterocycles. The Balaban J connectivity index is 2.73. The summed E-state index contributed by atoms with van der Waals surface area (Å²) in [6.07, 6.45) is 0. The molecule has 0 aliphatic carbocycles. The Labute approximate surface area is 107 Å². The van der Waals surface area contributed by atoms with E-state index in [2.05, 4.69) is 16.0 Å². The van der Waals surface area contributed by atoms with E-state index in [9.17, 15) is 9.59 Å². The number of likely N-dealkylation sites (N-methyl/N-ethyl adjacent to an activating group) is 1. The molecule has 0 aliphatic rings. The van der Waals surface area contributed by atoms with E-state index < -0.39 is 6.04 Å². The third-order valence-corrected chi connectivity index (χ3v) is 2.53. The van der Waals surface area contributed by atoms with Gasteiger partial charge in [0.1, 0.15) is 6.04 Å². The minimum atomic E-state index is -0.553. The van der Waals surface area contributed by atoms with Gasteiger partial charge in [0.25, 0.3) is 5.91 Å². The van der Waals surface area contributed by atoms with Gasteiger partial charge >= 0.3 is 0 Å². The van der Waals surface area contributed by atoms with Gasteiger partial charge in [0.2, 0.25) is 5.91 Å². The molecule has 0 heterocycles. The van der Waals surface area contributed by atoms with Crippen molar-refractivity contribution in [1.82, 2.24) is 10.6 Å². The molecule has 0 aliphatic heterocycles. The summed E-state index contributed by atoms with van der Waals surface area (Å²) in [6.45, 7) is 4.04. The zero-order chi connectivity index (χ0) is 13.5. The Morgan fingerprint density at radius 2 is 1.94 bits per heavy atom. The summed E-state index contributed by atoms with van der Waals surface area (Å²) >= 11 is 0. The average Bonchev–Trinajstić information content (AvgIpc) is 2.38. The molecule has 5 nitrogen and oxygen atoms in total. The van der Waals surface area contributed by atoms with Crippen LogP contribution in [0.25, 0.3) is 0 Å². The van der Waals surface area contributed by atoms with Crippen LogP contribution in [-0.4, -0.2) is 31.4 Å². The molecule has 2 amide bonds. The van der Waals surface area contributed by atoms with Crippen molar-refractivity contribution in [2.24, 2.45) is 0 Å². The van der Waals surface area contributed by atoms with Gasteiger partial charge in [-0.1, -0.05) is 12.1 Å². The summed E-state index contributed by atoms with van der Waals surface area (Å²) in [5.74, 6) is -0.452. The fourth-order valence-corrected chi connectivity index (χ4v) is 1.57. The largest absolute Gasteiger partial charge is 0.387 e. The van der Waals surface area contributed by atoms with E-state index in [-0.39, 0.29) is 11.8 Å². The highest BCUT2D eigenvalue weighted by Crippen LogP contribution is 2.13. The first-order valence-electron chi connectivity index (χ1n) is 5.95. The zero-order valence-corrected chi connectivity index (χ0v) is 10.9. The number of carbonyl (C=O) groups is 2. The van der Waals surface area contributed by atoms with Crippen LogP contribution in [0, 0.1) is 0 Å². The molecule has 0 spiro atoms. The van der Waals surface area contributed by atoms with Gasteiger partial charge in [-0.3, -0.25) is 9.59 Å². The van der Waals surface area contributed by atoms with E-state index in [1.54, 1.807) is 26.1 Å². The van der Waals surface area contributed by atoms with Crippen molar-refractivity contribution in [1.29, 1.82) is 0 Å². The van der Waals surface area contributed by atoms with Gasteiger partial charge in [-0.25, -0.2) is 0 Å². The van der Waals surface area contributed by atoms with Gasteiger partial charge in [-0.15, -0.1) is 0 Å². The molecule has 1 aromatic carbocycles. The second-order valence-corrected chi connectivity index (χ2v) is 3.89. The van der Waals surface area contributed by atoms with Crippen molar-refractivity contribution in [3.63, 3.8) is 0 Å². The summed E-state index contributed by atoms with van der Waals surface area (Å²) in [7, 11) is 1.75. The molecule has 0 radical (unpaired) electrons. The van der Waals surface area contributed by atoms with E-state index >= 15 is 0 Å². The van der Waals surface area contributed by atoms with E-state index in [0.717, 1.165) is 5.69 Å². The van der Waals surface area contributed by atoms with Crippen LogP contribution >= 0.6 is 0 Å². The normalized spacial score (nSPS) is 11.5. The van der Waals surface area contributed by atoms with Gasteiger partial charge in [0.15, 0.2) is 0 Å². The third kappa shape index (κ3) is 3.48. The first kappa shape index (κ1) is 14.0. The van der Waals surface area contributed by atoms with Crippen molar-refractivity contribution in [3.8, 4) is 0 Å². The molecule has 98 valence electrons. The summed E-state index contributed by atoms with van der Waals surface area (Å²) < 4.78 is 0. The smallest absolute Gasteiger partial charge is 0.254 e.